The molecule has 2 aromatic heterocycles. The van der Waals surface area contributed by atoms with Crippen LogP contribution in [0.1, 0.15) is 5.56 Å². The first-order valence-corrected chi connectivity index (χ1v) is 7.22. The fraction of sp³-hybridized carbons (Fsp3) is 0. The number of esters is 1. The van der Waals surface area contributed by atoms with Crippen LogP contribution in [0.15, 0.2) is 71.6 Å². The van der Waals surface area contributed by atoms with Crippen LogP contribution < -0.4 is 4.74 Å². The molecule has 0 saturated heterocycles. The Hall–Kier alpha value is -3.27. The highest BCUT2D eigenvalue weighted by atomic mass is 16.5. The molecule has 0 atom stereocenters. The van der Waals surface area contributed by atoms with Gasteiger partial charge in [-0.15, -0.1) is 0 Å². The maximum atomic E-state index is 11.9. The number of aromatic nitrogens is 1. The molecule has 0 bridgehead atoms. The third kappa shape index (κ3) is 2.62. The van der Waals surface area contributed by atoms with Gasteiger partial charge in [-0.1, -0.05) is 18.2 Å². The highest BCUT2D eigenvalue weighted by Gasteiger charge is 2.07. The van der Waals surface area contributed by atoms with Crippen molar-refractivity contribution in [2.24, 2.45) is 0 Å². The Morgan fingerprint density at radius 2 is 1.91 bits per heavy atom. The number of benzene rings is 2. The lowest BCUT2D eigenvalue weighted by Gasteiger charge is -2.01. The van der Waals surface area contributed by atoms with Crippen molar-refractivity contribution in [3.8, 4) is 5.75 Å². The number of hydrogen-bond acceptors (Lipinski definition) is 3. The zero-order valence-corrected chi connectivity index (χ0v) is 12.2. The van der Waals surface area contributed by atoms with Crippen LogP contribution in [0.25, 0.3) is 27.9 Å². The van der Waals surface area contributed by atoms with Crippen LogP contribution in [0.4, 0.5) is 0 Å². The van der Waals surface area contributed by atoms with Crippen molar-refractivity contribution in [2.45, 2.75) is 0 Å². The van der Waals surface area contributed by atoms with Gasteiger partial charge in [0.25, 0.3) is 0 Å². The van der Waals surface area contributed by atoms with E-state index >= 15 is 0 Å². The maximum absolute atomic E-state index is 11.9. The van der Waals surface area contributed by atoms with Gasteiger partial charge in [-0.05, 0) is 36.4 Å². The molecule has 0 amide bonds. The molecule has 0 radical (unpaired) electrons. The van der Waals surface area contributed by atoms with E-state index in [0.29, 0.717) is 5.75 Å². The standard InChI is InChI=1S/C19H13NO3/c21-19(8-5-13-9-10-22-12-13)23-14-6-7-18-16(11-14)15-3-1-2-4-17(15)20-18/h1-12,20H/b8-5+. The van der Waals surface area contributed by atoms with E-state index < -0.39 is 5.97 Å². The SMILES string of the molecule is O=C(/C=C/c1ccoc1)Oc1ccc2[nH]c3ccccc3c2c1. The van der Waals surface area contributed by atoms with E-state index in [-0.39, 0.29) is 0 Å². The Morgan fingerprint density at radius 1 is 1.04 bits per heavy atom. The van der Waals surface area contributed by atoms with Crippen LogP contribution in [0.3, 0.4) is 0 Å². The van der Waals surface area contributed by atoms with Crippen molar-refractivity contribution in [3.05, 3.63) is 72.7 Å². The fourth-order valence-electron chi connectivity index (χ4n) is 2.58. The first-order valence-electron chi connectivity index (χ1n) is 7.22. The third-order valence-electron chi connectivity index (χ3n) is 3.65. The first kappa shape index (κ1) is 13.4. The molecule has 4 nitrogen and oxygen atoms in total. The van der Waals surface area contributed by atoms with E-state index in [4.69, 9.17) is 9.15 Å². The lowest BCUT2D eigenvalue weighted by molar-refractivity contribution is -0.128. The number of hydrogen-bond donors (Lipinski definition) is 1. The molecule has 0 saturated carbocycles. The number of fused-ring (bicyclic) bond motifs is 3. The van der Waals surface area contributed by atoms with Gasteiger partial charge >= 0.3 is 5.97 Å². The monoisotopic (exact) mass is 303 g/mol. The van der Waals surface area contributed by atoms with Crippen molar-refractivity contribution in [1.29, 1.82) is 0 Å². The number of carbonyl (C=O) groups excluding carboxylic acids is 1. The summed E-state index contributed by atoms with van der Waals surface area (Å²) in [6.45, 7) is 0. The third-order valence-corrected chi connectivity index (χ3v) is 3.65. The molecule has 1 N–H and O–H groups in total. The van der Waals surface area contributed by atoms with E-state index in [1.54, 1.807) is 30.7 Å². The number of para-hydroxylation sites is 1. The van der Waals surface area contributed by atoms with Crippen LogP contribution in [0, 0.1) is 0 Å². The number of nitrogens with one attached hydrogen (secondary N) is 1. The van der Waals surface area contributed by atoms with Gasteiger partial charge < -0.3 is 14.1 Å². The van der Waals surface area contributed by atoms with Crippen LogP contribution >= 0.6 is 0 Å². The zero-order valence-electron chi connectivity index (χ0n) is 12.2. The Morgan fingerprint density at radius 3 is 2.78 bits per heavy atom. The summed E-state index contributed by atoms with van der Waals surface area (Å²) in [5.74, 6) is 0.0921. The molecular formula is C19H13NO3. The van der Waals surface area contributed by atoms with E-state index in [2.05, 4.69) is 4.98 Å². The minimum Gasteiger partial charge on any atom is -0.472 e. The lowest BCUT2D eigenvalue weighted by Crippen LogP contribution is -2.03. The Labute approximate surface area is 132 Å². The van der Waals surface area contributed by atoms with Gasteiger partial charge in [-0.2, -0.15) is 0 Å². The zero-order chi connectivity index (χ0) is 15.6. The lowest BCUT2D eigenvalue weighted by atomic mass is 10.1. The molecule has 112 valence electrons. The number of rotatable bonds is 3. The second kappa shape index (κ2) is 5.50. The van der Waals surface area contributed by atoms with Crippen LogP contribution in [-0.4, -0.2) is 11.0 Å². The number of furan rings is 1. The highest BCUT2D eigenvalue weighted by Crippen LogP contribution is 2.28. The normalized spacial score (nSPS) is 11.5. The summed E-state index contributed by atoms with van der Waals surface area (Å²) in [6.07, 6.45) is 6.14. The Kier molecular flexibility index (Phi) is 3.20. The summed E-state index contributed by atoms with van der Waals surface area (Å²) < 4.78 is 10.3. The molecule has 4 rings (SSSR count). The minimum absolute atomic E-state index is 0.426. The van der Waals surface area contributed by atoms with Crippen LogP contribution in [0.2, 0.25) is 0 Å². The number of ether oxygens (including phenoxy) is 1. The van der Waals surface area contributed by atoms with E-state index in [9.17, 15) is 4.79 Å². The van der Waals surface area contributed by atoms with Gasteiger partial charge in [0.1, 0.15) is 5.75 Å². The van der Waals surface area contributed by atoms with Crippen molar-refractivity contribution < 1.29 is 13.9 Å². The number of carbonyl (C=O) groups is 1. The number of aromatic amines is 1. The molecule has 2 aromatic carbocycles. The molecular weight excluding hydrogens is 290 g/mol. The summed E-state index contributed by atoms with van der Waals surface area (Å²) >= 11 is 0. The predicted octanol–water partition coefficient (Wildman–Crippen LogP) is 4.53. The summed E-state index contributed by atoms with van der Waals surface area (Å²) in [5.41, 5.74) is 2.89. The molecule has 0 aliphatic heterocycles. The highest BCUT2D eigenvalue weighted by molar-refractivity contribution is 6.07. The molecule has 4 aromatic rings. The van der Waals surface area contributed by atoms with Crippen molar-refractivity contribution in [1.82, 2.24) is 4.98 Å². The molecule has 0 unspecified atom stereocenters. The summed E-state index contributed by atoms with van der Waals surface area (Å²) in [5, 5.41) is 2.14. The Balaban J connectivity index is 1.61. The Bertz CT molecular complexity index is 1010. The molecule has 23 heavy (non-hydrogen) atoms. The summed E-state index contributed by atoms with van der Waals surface area (Å²) in [7, 11) is 0. The maximum Gasteiger partial charge on any atom is 0.336 e. The second-order valence-corrected chi connectivity index (χ2v) is 5.19. The van der Waals surface area contributed by atoms with Gasteiger partial charge in [0.2, 0.25) is 0 Å². The molecule has 0 aliphatic rings. The van der Waals surface area contributed by atoms with E-state index in [1.165, 1.54) is 6.08 Å². The van der Waals surface area contributed by atoms with Gasteiger partial charge in [-0.3, -0.25) is 0 Å². The average molecular weight is 303 g/mol. The first-order chi connectivity index (χ1) is 11.3. The second-order valence-electron chi connectivity index (χ2n) is 5.19. The summed E-state index contributed by atoms with van der Waals surface area (Å²) in [6, 6.07) is 15.4. The average Bonchev–Trinajstić information content (AvgIpc) is 3.20. The van der Waals surface area contributed by atoms with Crippen molar-refractivity contribution in [3.63, 3.8) is 0 Å². The quantitative estimate of drug-likeness (QED) is 0.343. The van der Waals surface area contributed by atoms with E-state index in [0.717, 1.165) is 27.4 Å². The van der Waals surface area contributed by atoms with Gasteiger partial charge in [0.15, 0.2) is 0 Å². The molecule has 4 heteroatoms. The largest absolute Gasteiger partial charge is 0.472 e. The van der Waals surface area contributed by atoms with Crippen LogP contribution in [0.5, 0.6) is 5.75 Å². The molecule has 0 aliphatic carbocycles. The van der Waals surface area contributed by atoms with Gasteiger partial charge in [-0.25, -0.2) is 4.79 Å². The van der Waals surface area contributed by atoms with Gasteiger partial charge in [0.05, 0.1) is 12.5 Å². The molecule has 0 fully saturated rings. The van der Waals surface area contributed by atoms with Crippen molar-refractivity contribution in [2.75, 3.05) is 0 Å². The minimum atomic E-state index is -0.426. The number of H-pyrrole nitrogens is 1. The van der Waals surface area contributed by atoms with Gasteiger partial charge in [0, 0.05) is 33.4 Å². The summed E-state index contributed by atoms with van der Waals surface area (Å²) in [4.78, 5) is 15.2. The topological polar surface area (TPSA) is 55.2 Å². The predicted molar refractivity (Wildman–Crippen MR) is 89.2 cm³/mol. The van der Waals surface area contributed by atoms with E-state index in [1.807, 2.05) is 36.4 Å². The van der Waals surface area contributed by atoms with Crippen molar-refractivity contribution >= 4 is 33.9 Å². The van der Waals surface area contributed by atoms with Crippen LogP contribution in [-0.2, 0) is 4.79 Å². The fourth-order valence-corrected chi connectivity index (χ4v) is 2.58. The molecule has 0 spiro atoms. The smallest absolute Gasteiger partial charge is 0.336 e. The molecule has 2 heterocycles.